The number of nitrogens with one attached hydrogen (secondary N) is 3. The van der Waals surface area contributed by atoms with E-state index in [4.69, 9.17) is 28.2 Å². The zero-order valence-electron chi connectivity index (χ0n) is 25.6. The molecule has 1 saturated heterocycles. The van der Waals surface area contributed by atoms with Crippen LogP contribution < -0.4 is 20.9 Å². The van der Waals surface area contributed by atoms with Gasteiger partial charge in [0.2, 0.25) is 11.9 Å². The molecule has 2 heterocycles. The first-order chi connectivity index (χ1) is 21.1. The number of amides is 2. The summed E-state index contributed by atoms with van der Waals surface area (Å²) in [7, 11) is 1.84. The zero-order valence-corrected chi connectivity index (χ0v) is 27.9. The van der Waals surface area contributed by atoms with Gasteiger partial charge in [0, 0.05) is 37.3 Å². The molecule has 1 aromatic heterocycles. The summed E-state index contributed by atoms with van der Waals surface area (Å²) >= 11 is 15.1. The van der Waals surface area contributed by atoms with E-state index in [0.29, 0.717) is 38.3 Å². The van der Waals surface area contributed by atoms with Gasteiger partial charge in [0.1, 0.15) is 0 Å². The molecule has 0 bridgehead atoms. The van der Waals surface area contributed by atoms with Gasteiger partial charge in [-0.3, -0.25) is 9.59 Å². The normalized spacial score (nSPS) is 19.2. The van der Waals surface area contributed by atoms with Gasteiger partial charge in [-0.2, -0.15) is 13.2 Å². The summed E-state index contributed by atoms with van der Waals surface area (Å²) in [4.78, 5) is 32.9. The van der Waals surface area contributed by atoms with Gasteiger partial charge in [-0.15, -0.1) is 11.8 Å². The molecule has 0 atom stereocenters. The van der Waals surface area contributed by atoms with Gasteiger partial charge in [-0.05, 0) is 49.4 Å². The molecule has 244 valence electrons. The molecule has 3 N–H and O–H groups in total. The Bertz CT molecular complexity index is 1590. The quantitative estimate of drug-likeness (QED) is 0.237. The van der Waals surface area contributed by atoms with Crippen molar-refractivity contribution in [2.75, 3.05) is 28.4 Å². The van der Waals surface area contributed by atoms with Crippen LogP contribution in [0.25, 0.3) is 11.0 Å². The highest BCUT2D eigenvalue weighted by atomic mass is 35.5. The first kappa shape index (κ1) is 33.5. The number of rotatable bonds is 7. The van der Waals surface area contributed by atoms with Crippen molar-refractivity contribution in [3.8, 4) is 0 Å². The lowest BCUT2D eigenvalue weighted by molar-refractivity contribution is -0.182. The van der Waals surface area contributed by atoms with E-state index in [2.05, 4.69) is 20.9 Å². The molecule has 0 radical (unpaired) electrons. The zero-order chi connectivity index (χ0) is 32.7. The van der Waals surface area contributed by atoms with E-state index < -0.39 is 17.5 Å². The number of fused-ring (bicyclic) bond motifs is 1. The molecular formula is C31H37Cl2F3N6O2S. The predicted molar refractivity (Wildman–Crippen MR) is 176 cm³/mol. The van der Waals surface area contributed by atoms with Crippen LogP contribution >= 0.6 is 35.0 Å². The number of anilines is 3. The lowest BCUT2D eigenvalue weighted by atomic mass is 9.85. The molecule has 3 aromatic rings. The highest BCUT2D eigenvalue weighted by molar-refractivity contribution is 7.99. The second kappa shape index (κ2) is 13.1. The largest absolute Gasteiger partial charge is 0.391 e. The molecule has 45 heavy (non-hydrogen) atoms. The topological polar surface area (TPSA) is 91.3 Å². The third kappa shape index (κ3) is 7.44. The summed E-state index contributed by atoms with van der Waals surface area (Å²) in [5.41, 5.74) is 3.06. The Balaban J connectivity index is 1.42. The first-order valence-electron chi connectivity index (χ1n) is 14.9. The van der Waals surface area contributed by atoms with E-state index in [9.17, 15) is 22.8 Å². The van der Waals surface area contributed by atoms with Gasteiger partial charge in [0.25, 0.3) is 5.91 Å². The van der Waals surface area contributed by atoms with Crippen LogP contribution in [0.15, 0.2) is 24.3 Å². The molecule has 5 rings (SSSR count). The Labute approximate surface area is 274 Å². The van der Waals surface area contributed by atoms with E-state index in [1.54, 1.807) is 30.0 Å². The van der Waals surface area contributed by atoms with Gasteiger partial charge in [-0.25, -0.2) is 4.98 Å². The molecule has 0 unspecified atom stereocenters. The molecule has 2 fully saturated rings. The predicted octanol–water partition coefficient (Wildman–Crippen LogP) is 7.65. The van der Waals surface area contributed by atoms with E-state index in [-0.39, 0.29) is 50.1 Å². The molecule has 2 aromatic carbocycles. The maximum atomic E-state index is 13.6. The van der Waals surface area contributed by atoms with Crippen LogP contribution in [-0.2, 0) is 18.4 Å². The molecule has 0 spiro atoms. The van der Waals surface area contributed by atoms with Crippen LogP contribution in [-0.4, -0.2) is 51.8 Å². The minimum Gasteiger partial charge on any atom is -0.361 e. The SMILES string of the molecule is Cn1c(Nc2c(Cl)ccc(CNC(=O)C(C)(C)C)c2Cl)nc2cc(C(=O)N[C@H]3CC[C@H](C(F)(F)F)CC3)c(N3CCSC3)cc21. The van der Waals surface area contributed by atoms with Gasteiger partial charge >= 0.3 is 6.18 Å². The number of benzene rings is 2. The van der Waals surface area contributed by atoms with Crippen LogP contribution in [0, 0.1) is 11.3 Å². The standard InChI is InChI=1S/C31H37Cl2F3N6O2S/c1-30(2,3)28(44)37-15-17-5-10-21(32)26(25(17)33)40-29-39-22-13-20(23(14-24(22)41(29)4)42-11-12-45-16-42)27(43)38-19-8-6-18(7-9-19)31(34,35)36/h5,10,13-14,18-19H,6-9,11-12,15-16H2,1-4H3,(H,37,44)(H,38,43)(H,39,40)/t18-,19-. The van der Waals surface area contributed by atoms with Crippen LogP contribution in [0.1, 0.15) is 62.4 Å². The average Bonchev–Trinajstić information content (AvgIpc) is 3.61. The highest BCUT2D eigenvalue weighted by Gasteiger charge is 2.41. The highest BCUT2D eigenvalue weighted by Crippen LogP contribution is 2.39. The van der Waals surface area contributed by atoms with Crippen molar-refractivity contribution in [2.24, 2.45) is 18.4 Å². The lowest BCUT2D eigenvalue weighted by Crippen LogP contribution is -2.40. The molecule has 8 nitrogen and oxygen atoms in total. The Hall–Kier alpha value is -2.83. The fourth-order valence-corrected chi connectivity index (χ4v) is 7.11. The van der Waals surface area contributed by atoms with E-state index in [0.717, 1.165) is 29.4 Å². The second-order valence-corrected chi connectivity index (χ2v) is 14.5. The summed E-state index contributed by atoms with van der Waals surface area (Å²) in [6.07, 6.45) is -3.62. The minimum atomic E-state index is -4.21. The summed E-state index contributed by atoms with van der Waals surface area (Å²) in [6, 6.07) is 6.80. The molecular weight excluding hydrogens is 648 g/mol. The van der Waals surface area contributed by atoms with E-state index in [1.807, 2.05) is 38.5 Å². The Kier molecular flexibility index (Phi) is 9.77. The number of aromatic nitrogens is 2. The van der Waals surface area contributed by atoms with Crippen molar-refractivity contribution in [3.05, 3.63) is 45.4 Å². The van der Waals surface area contributed by atoms with Crippen LogP contribution in [0.3, 0.4) is 0 Å². The molecule has 2 aliphatic rings. The van der Waals surface area contributed by atoms with Gasteiger partial charge in [0.05, 0.1) is 49.8 Å². The number of alkyl halides is 3. The molecule has 1 aliphatic heterocycles. The molecule has 2 amide bonds. The van der Waals surface area contributed by atoms with Crippen LogP contribution in [0.5, 0.6) is 0 Å². The number of nitrogens with zero attached hydrogens (tertiary/aromatic N) is 3. The molecule has 14 heteroatoms. The monoisotopic (exact) mass is 684 g/mol. The number of hydrogen-bond donors (Lipinski definition) is 3. The van der Waals surface area contributed by atoms with Gasteiger partial charge in [-0.1, -0.05) is 50.0 Å². The maximum Gasteiger partial charge on any atom is 0.391 e. The van der Waals surface area contributed by atoms with Crippen molar-refractivity contribution in [2.45, 2.75) is 65.2 Å². The summed E-state index contributed by atoms with van der Waals surface area (Å²) in [5, 5.41) is 9.85. The Morgan fingerprint density at radius 1 is 1.09 bits per heavy atom. The maximum absolute atomic E-state index is 13.6. The van der Waals surface area contributed by atoms with E-state index in [1.165, 1.54) is 0 Å². The van der Waals surface area contributed by atoms with Crippen molar-refractivity contribution in [1.82, 2.24) is 20.2 Å². The second-order valence-electron chi connectivity index (χ2n) is 12.7. The number of carbonyl (C=O) groups excluding carboxylic acids is 2. The third-order valence-electron chi connectivity index (χ3n) is 8.39. The summed E-state index contributed by atoms with van der Waals surface area (Å²) in [6.45, 7) is 6.47. The minimum absolute atomic E-state index is 0.00759. The first-order valence-corrected chi connectivity index (χ1v) is 16.8. The number of halogens is 5. The Morgan fingerprint density at radius 2 is 1.80 bits per heavy atom. The fraction of sp³-hybridized carbons (Fsp3) is 0.516. The fourth-order valence-electron chi connectivity index (χ4n) is 5.61. The van der Waals surface area contributed by atoms with E-state index >= 15 is 0 Å². The number of aryl methyl sites for hydroxylation is 1. The van der Waals surface area contributed by atoms with Crippen molar-refractivity contribution in [3.63, 3.8) is 0 Å². The molecule has 1 aliphatic carbocycles. The van der Waals surface area contributed by atoms with Crippen LogP contribution in [0.4, 0.5) is 30.5 Å². The number of carbonyl (C=O) groups is 2. The average molecular weight is 686 g/mol. The Morgan fingerprint density at radius 3 is 2.42 bits per heavy atom. The third-order valence-corrected chi connectivity index (χ3v) is 10.1. The smallest absolute Gasteiger partial charge is 0.361 e. The van der Waals surface area contributed by atoms with Gasteiger partial charge in [0.15, 0.2) is 0 Å². The summed E-state index contributed by atoms with van der Waals surface area (Å²) in [5.74, 6) is 0.324. The number of thioether (sulfide) groups is 1. The van der Waals surface area contributed by atoms with Crippen LogP contribution in [0.2, 0.25) is 10.0 Å². The summed E-state index contributed by atoms with van der Waals surface area (Å²) < 4.78 is 41.4. The van der Waals surface area contributed by atoms with Crippen molar-refractivity contribution in [1.29, 1.82) is 0 Å². The number of imidazole rings is 1. The molecule has 1 saturated carbocycles. The van der Waals surface area contributed by atoms with Gasteiger partial charge < -0.3 is 25.4 Å². The lowest BCUT2D eigenvalue weighted by Gasteiger charge is -2.30. The van der Waals surface area contributed by atoms with Crippen molar-refractivity contribution < 1.29 is 22.8 Å². The van der Waals surface area contributed by atoms with Crippen molar-refractivity contribution >= 4 is 75.1 Å². The number of hydrogen-bond acceptors (Lipinski definition) is 6.